The minimum absolute atomic E-state index is 0.0320. The van der Waals surface area contributed by atoms with Crippen molar-refractivity contribution in [3.05, 3.63) is 313 Å². The number of aryl methyl sites for hydroxylation is 4. The number of fused-ring (bicyclic) bond motifs is 3. The summed E-state index contributed by atoms with van der Waals surface area (Å²) in [6, 6.07) is 72.8. The Labute approximate surface area is 464 Å². The number of rotatable bonds is 18. The molecule has 0 atom stereocenters. The van der Waals surface area contributed by atoms with Crippen LogP contribution >= 0.6 is 12.0 Å². The molecule has 0 fully saturated rings. The Kier molecular flexibility index (Phi) is 14.9. The zero-order valence-electron chi connectivity index (χ0n) is 44.0. The number of carbonyl (C=O) groups is 3. The minimum Gasteiger partial charge on any atom is -0.457 e. The van der Waals surface area contributed by atoms with Crippen LogP contribution in [0, 0.1) is 20.8 Å². The van der Waals surface area contributed by atoms with Crippen molar-refractivity contribution in [1.29, 1.82) is 0 Å². The summed E-state index contributed by atoms with van der Waals surface area (Å²) in [6.45, 7) is 8.16. The summed E-state index contributed by atoms with van der Waals surface area (Å²) in [4.78, 5) is 41.3. The van der Waals surface area contributed by atoms with Gasteiger partial charge in [-0.1, -0.05) is 163 Å². The Bertz CT molecular complexity index is 3870. The van der Waals surface area contributed by atoms with Crippen molar-refractivity contribution in [1.82, 2.24) is 0 Å². The topological polar surface area (TPSA) is 108 Å². The second-order valence-corrected chi connectivity index (χ2v) is 20.7. The predicted molar refractivity (Wildman–Crippen MR) is 310 cm³/mol. The molecule has 0 aliphatic heterocycles. The van der Waals surface area contributed by atoms with Gasteiger partial charge in [-0.2, -0.15) is 0 Å². The number of benzene rings is 10. The lowest BCUT2D eigenvalue weighted by atomic mass is 9.67. The lowest BCUT2D eigenvalue weighted by Crippen LogP contribution is -2.28. The number of ether oxygens (including phenoxy) is 2. The van der Waals surface area contributed by atoms with Gasteiger partial charge < -0.3 is 9.47 Å². The average Bonchev–Trinajstić information content (AvgIpc) is 3.20. The molecule has 1 aliphatic carbocycles. The van der Waals surface area contributed by atoms with Crippen LogP contribution in [0.4, 0.5) is 0 Å². The molecule has 79 heavy (non-hydrogen) atoms. The van der Waals surface area contributed by atoms with E-state index in [1.807, 2.05) is 129 Å². The van der Waals surface area contributed by atoms with Crippen LogP contribution in [0.1, 0.15) is 110 Å². The van der Waals surface area contributed by atoms with Crippen LogP contribution in [-0.2, 0) is 27.6 Å². The molecule has 0 amide bonds. The van der Waals surface area contributed by atoms with Crippen LogP contribution in [-0.4, -0.2) is 22.6 Å². The molecule has 10 aromatic carbocycles. The molecule has 1 N–H and O–H groups in total. The summed E-state index contributed by atoms with van der Waals surface area (Å²) in [6.07, 6.45) is 1.26. The maximum Gasteiger partial charge on any atom is 0.193 e. The molecule has 0 aromatic heterocycles. The number of hydrogen-bond donors (Lipinski definition) is 1. The highest BCUT2D eigenvalue weighted by atomic mass is 32.2. The summed E-state index contributed by atoms with van der Waals surface area (Å²) in [5, 5.41) is 12.3. The fourth-order valence-electron chi connectivity index (χ4n) is 10.8. The van der Waals surface area contributed by atoms with Crippen molar-refractivity contribution in [2.24, 2.45) is 0 Å². The van der Waals surface area contributed by atoms with Gasteiger partial charge in [0, 0.05) is 38.3 Å². The zero-order valence-corrected chi connectivity index (χ0v) is 44.8. The van der Waals surface area contributed by atoms with Gasteiger partial charge in [-0.25, -0.2) is 5.26 Å². The van der Waals surface area contributed by atoms with Gasteiger partial charge in [0.05, 0.1) is 17.5 Å². The fourth-order valence-corrected chi connectivity index (χ4v) is 11.2. The second kappa shape index (κ2) is 22.6. The molecule has 0 spiro atoms. The van der Waals surface area contributed by atoms with Gasteiger partial charge >= 0.3 is 0 Å². The van der Waals surface area contributed by atoms with Crippen molar-refractivity contribution in [3.63, 3.8) is 0 Å². The lowest BCUT2D eigenvalue weighted by molar-refractivity contribution is -0.432. The quantitative estimate of drug-likeness (QED) is 0.0389. The van der Waals surface area contributed by atoms with E-state index in [0.29, 0.717) is 68.4 Å². The van der Waals surface area contributed by atoms with Crippen molar-refractivity contribution < 1.29 is 38.5 Å². The standard InChI is InChI=1S/C70H54O8S/c1-5-49-24-21-48(42-62(49)69(73)54-11-10-12-59(43-54)79-78-77-74)41-47-19-25-51(26-20-47)68(72)53-29-35-58(36-30-53)76-66-38-32-56(40-46(66)4)70(63-15-8-6-13-60(63)61-14-7-9-16-64(61)70)55-31-37-65(45(3)39-55)75-57-33-27-52(28-34-57)67(71)50-22-17-44(2)18-23-50/h6-40,42-43,74H,5,41H2,1-4H3. The number of carbonyl (C=O) groups excluding carboxylic acids is 3. The van der Waals surface area contributed by atoms with Crippen molar-refractivity contribution >= 4 is 29.4 Å². The zero-order chi connectivity index (χ0) is 54.6. The van der Waals surface area contributed by atoms with Gasteiger partial charge in [0.25, 0.3) is 0 Å². The molecule has 0 saturated heterocycles. The van der Waals surface area contributed by atoms with Gasteiger partial charge in [-0.15, -0.1) is 4.33 Å². The normalized spacial score (nSPS) is 12.1. The largest absolute Gasteiger partial charge is 0.457 e. The fraction of sp³-hybridized carbons (Fsp3) is 0.100. The van der Waals surface area contributed by atoms with E-state index in [4.69, 9.17) is 14.7 Å². The molecule has 0 heterocycles. The molecule has 0 unspecified atom stereocenters. The van der Waals surface area contributed by atoms with Gasteiger partial charge in [0.1, 0.15) is 23.0 Å². The van der Waals surface area contributed by atoms with Gasteiger partial charge in [0.15, 0.2) is 17.3 Å². The first kappa shape index (κ1) is 52.1. The van der Waals surface area contributed by atoms with Crippen LogP contribution in [0.5, 0.6) is 23.0 Å². The van der Waals surface area contributed by atoms with E-state index in [2.05, 4.69) is 96.0 Å². The van der Waals surface area contributed by atoms with Crippen LogP contribution in [0.15, 0.2) is 229 Å². The summed E-state index contributed by atoms with van der Waals surface area (Å²) >= 11 is 0.805. The van der Waals surface area contributed by atoms with E-state index in [1.54, 1.807) is 36.4 Å². The van der Waals surface area contributed by atoms with Crippen LogP contribution < -0.4 is 9.47 Å². The lowest BCUT2D eigenvalue weighted by Gasteiger charge is -2.34. The molecule has 9 heteroatoms. The van der Waals surface area contributed by atoms with E-state index in [9.17, 15) is 14.4 Å². The van der Waals surface area contributed by atoms with E-state index in [0.717, 1.165) is 62.3 Å². The molecular formula is C70H54O8S. The van der Waals surface area contributed by atoms with Gasteiger partial charge in [-0.05, 0) is 174 Å². The summed E-state index contributed by atoms with van der Waals surface area (Å²) in [5.74, 6) is 2.43. The van der Waals surface area contributed by atoms with E-state index in [1.165, 1.54) is 22.3 Å². The third kappa shape index (κ3) is 10.5. The average molecular weight is 1060 g/mol. The summed E-state index contributed by atoms with van der Waals surface area (Å²) in [5.41, 5.74) is 15.7. The Balaban J connectivity index is 0.802. The Morgan fingerprint density at radius 3 is 1.47 bits per heavy atom. The van der Waals surface area contributed by atoms with Gasteiger partial charge in [-0.3, -0.25) is 14.4 Å². The van der Waals surface area contributed by atoms with Crippen LogP contribution in [0.3, 0.4) is 0 Å². The second-order valence-electron chi connectivity index (χ2n) is 19.9. The Morgan fingerprint density at radius 2 is 0.962 bits per heavy atom. The van der Waals surface area contributed by atoms with Crippen LogP contribution in [0.25, 0.3) is 11.1 Å². The highest BCUT2D eigenvalue weighted by Gasteiger charge is 2.46. The molecule has 388 valence electrons. The summed E-state index contributed by atoms with van der Waals surface area (Å²) < 4.78 is 17.6. The van der Waals surface area contributed by atoms with E-state index in [-0.39, 0.29) is 17.3 Å². The predicted octanol–water partition coefficient (Wildman–Crippen LogP) is 16.8. The first-order valence-corrected chi connectivity index (χ1v) is 26.9. The molecule has 1 aliphatic rings. The molecule has 0 bridgehead atoms. The highest BCUT2D eigenvalue weighted by Crippen LogP contribution is 2.57. The molecule has 11 rings (SSSR count). The molecule has 8 nitrogen and oxygen atoms in total. The SMILES string of the molecule is CCc1ccc(Cc2ccc(C(=O)c3ccc(Oc4ccc(C5(c6ccc(Oc7ccc(C(=O)c8ccc(C)cc8)cc7)c(C)c6)c6ccccc6-c6ccccc65)cc4C)cc3)cc2)cc1C(=O)c1cccc(SOOO)c1. The third-order valence-electron chi connectivity index (χ3n) is 14.9. The van der Waals surface area contributed by atoms with Gasteiger partial charge in [0.2, 0.25) is 0 Å². The first-order valence-electron chi connectivity index (χ1n) is 26.1. The maximum absolute atomic E-state index is 13.8. The minimum atomic E-state index is -0.662. The van der Waals surface area contributed by atoms with Crippen molar-refractivity contribution in [2.45, 2.75) is 50.8 Å². The van der Waals surface area contributed by atoms with Crippen molar-refractivity contribution in [3.8, 4) is 34.1 Å². The van der Waals surface area contributed by atoms with Crippen LogP contribution in [0.2, 0.25) is 0 Å². The molecular weight excluding hydrogens is 1000 g/mol. The maximum atomic E-state index is 13.8. The number of hydrogen-bond acceptors (Lipinski definition) is 9. The van der Waals surface area contributed by atoms with Crippen molar-refractivity contribution in [2.75, 3.05) is 0 Å². The Hall–Kier alpha value is -8.96. The van der Waals surface area contributed by atoms with E-state index < -0.39 is 5.41 Å². The molecule has 0 radical (unpaired) electrons. The highest BCUT2D eigenvalue weighted by molar-refractivity contribution is 7.94. The molecule has 10 aromatic rings. The Morgan fingerprint density at radius 1 is 0.468 bits per heavy atom. The monoisotopic (exact) mass is 1050 g/mol. The third-order valence-corrected chi connectivity index (χ3v) is 15.4. The first-order chi connectivity index (χ1) is 38.5. The van der Waals surface area contributed by atoms with E-state index >= 15 is 0 Å². The molecule has 0 saturated carbocycles. The number of ketones is 3. The summed E-state index contributed by atoms with van der Waals surface area (Å²) in [7, 11) is 0. The smallest absolute Gasteiger partial charge is 0.193 e.